The number of rotatable bonds is 2. The Hall–Kier alpha value is -2.43. The van der Waals surface area contributed by atoms with Gasteiger partial charge in [0.05, 0.1) is 5.69 Å². The maximum atomic E-state index is 11.1. The van der Waals surface area contributed by atoms with Gasteiger partial charge in [-0.2, -0.15) is 0 Å². The molecule has 20 heavy (non-hydrogen) atoms. The fourth-order valence-electron chi connectivity index (χ4n) is 2.81. The minimum atomic E-state index is -1.08. The number of benzene rings is 1. The van der Waals surface area contributed by atoms with E-state index < -0.39 is 5.97 Å². The number of carboxylic acid groups (broad SMARTS) is 1. The second-order valence-corrected chi connectivity index (χ2v) is 5.11. The van der Waals surface area contributed by atoms with Gasteiger partial charge in [0.1, 0.15) is 17.2 Å². The maximum absolute atomic E-state index is 11.1. The van der Waals surface area contributed by atoms with E-state index in [9.17, 15) is 4.79 Å². The second kappa shape index (κ2) is 4.59. The smallest absolute Gasteiger partial charge is 0.341 e. The normalized spacial score (nSPS) is 14.2. The van der Waals surface area contributed by atoms with E-state index in [1.807, 2.05) is 12.1 Å². The van der Waals surface area contributed by atoms with Crippen LogP contribution in [0.4, 0.5) is 5.82 Å². The van der Waals surface area contributed by atoms with Crippen LogP contribution < -0.4 is 5.73 Å². The molecule has 2 aromatic rings. The standard InChI is InChI=1S/C15H15N3O2/c1-8-12(15(19)20)13(16)18-14(17-8)11-6-9-4-2-3-5-10(9)7-11/h2-5,11H,6-7H2,1H3,(H,19,20)(H2,16,17,18). The van der Waals surface area contributed by atoms with Gasteiger partial charge >= 0.3 is 5.97 Å². The maximum Gasteiger partial charge on any atom is 0.341 e. The van der Waals surface area contributed by atoms with Crippen molar-refractivity contribution in [3.8, 4) is 0 Å². The predicted octanol–water partition coefficient (Wildman–Crippen LogP) is 1.95. The molecular formula is C15H15N3O2. The summed E-state index contributed by atoms with van der Waals surface area (Å²) in [5, 5.41) is 9.08. The highest BCUT2D eigenvalue weighted by atomic mass is 16.4. The van der Waals surface area contributed by atoms with E-state index in [0.717, 1.165) is 12.8 Å². The largest absolute Gasteiger partial charge is 0.477 e. The van der Waals surface area contributed by atoms with Crippen molar-refractivity contribution in [2.45, 2.75) is 25.7 Å². The molecule has 1 aromatic heterocycles. The average Bonchev–Trinajstić information content (AvgIpc) is 2.81. The molecule has 0 fully saturated rings. The van der Waals surface area contributed by atoms with E-state index in [1.165, 1.54) is 11.1 Å². The van der Waals surface area contributed by atoms with Crippen LogP contribution in [-0.2, 0) is 12.8 Å². The van der Waals surface area contributed by atoms with Crippen LogP contribution in [0.25, 0.3) is 0 Å². The molecule has 0 atom stereocenters. The first-order chi connectivity index (χ1) is 9.56. The van der Waals surface area contributed by atoms with Gasteiger partial charge in [0.2, 0.25) is 0 Å². The summed E-state index contributed by atoms with van der Waals surface area (Å²) in [5.74, 6) is -0.213. The number of anilines is 1. The lowest BCUT2D eigenvalue weighted by molar-refractivity contribution is 0.0696. The first kappa shape index (κ1) is 12.6. The third-order valence-electron chi connectivity index (χ3n) is 3.77. The molecule has 5 heteroatoms. The lowest BCUT2D eigenvalue weighted by Crippen LogP contribution is -2.14. The van der Waals surface area contributed by atoms with Crippen molar-refractivity contribution in [3.05, 3.63) is 52.5 Å². The molecule has 0 spiro atoms. The van der Waals surface area contributed by atoms with Gasteiger partial charge in [-0.15, -0.1) is 0 Å². The zero-order valence-corrected chi connectivity index (χ0v) is 11.1. The topological polar surface area (TPSA) is 89.1 Å². The molecule has 102 valence electrons. The fourth-order valence-corrected chi connectivity index (χ4v) is 2.81. The average molecular weight is 269 g/mol. The Balaban J connectivity index is 1.96. The van der Waals surface area contributed by atoms with Crippen LogP contribution >= 0.6 is 0 Å². The van der Waals surface area contributed by atoms with E-state index in [-0.39, 0.29) is 17.3 Å². The van der Waals surface area contributed by atoms with Crippen LogP contribution in [0, 0.1) is 6.92 Å². The van der Waals surface area contributed by atoms with Crippen molar-refractivity contribution >= 4 is 11.8 Å². The van der Waals surface area contributed by atoms with E-state index in [2.05, 4.69) is 22.1 Å². The summed E-state index contributed by atoms with van der Waals surface area (Å²) in [6.07, 6.45) is 1.75. The van der Waals surface area contributed by atoms with Gasteiger partial charge in [-0.3, -0.25) is 0 Å². The van der Waals surface area contributed by atoms with Gasteiger partial charge in [0, 0.05) is 5.92 Å². The molecule has 3 rings (SSSR count). The number of fused-ring (bicyclic) bond motifs is 1. The predicted molar refractivity (Wildman–Crippen MR) is 74.7 cm³/mol. The molecule has 0 amide bonds. The number of aryl methyl sites for hydroxylation is 1. The highest BCUT2D eigenvalue weighted by molar-refractivity contribution is 5.93. The Morgan fingerprint density at radius 3 is 2.35 bits per heavy atom. The molecule has 5 nitrogen and oxygen atoms in total. The van der Waals surface area contributed by atoms with Gasteiger partial charge in [0.15, 0.2) is 0 Å². The van der Waals surface area contributed by atoms with Crippen LogP contribution in [0.2, 0.25) is 0 Å². The molecule has 0 unspecified atom stereocenters. The number of aromatic carboxylic acids is 1. The fraction of sp³-hybridized carbons (Fsp3) is 0.267. The third kappa shape index (κ3) is 2.01. The highest BCUT2D eigenvalue weighted by Gasteiger charge is 2.26. The number of nitrogens with zero attached hydrogens (tertiary/aromatic N) is 2. The van der Waals surface area contributed by atoms with Gasteiger partial charge < -0.3 is 10.8 Å². The van der Waals surface area contributed by atoms with Gasteiger partial charge in [-0.1, -0.05) is 24.3 Å². The van der Waals surface area contributed by atoms with Crippen molar-refractivity contribution in [2.24, 2.45) is 0 Å². The van der Waals surface area contributed by atoms with Crippen molar-refractivity contribution in [1.82, 2.24) is 9.97 Å². The first-order valence-corrected chi connectivity index (χ1v) is 6.50. The molecule has 1 heterocycles. The molecule has 1 aliphatic rings. The Bertz CT molecular complexity index is 649. The number of aromatic nitrogens is 2. The number of carbonyl (C=O) groups is 1. The summed E-state index contributed by atoms with van der Waals surface area (Å²) in [7, 11) is 0. The summed E-state index contributed by atoms with van der Waals surface area (Å²) >= 11 is 0. The summed E-state index contributed by atoms with van der Waals surface area (Å²) < 4.78 is 0. The van der Waals surface area contributed by atoms with Gasteiger partial charge in [0.25, 0.3) is 0 Å². The number of hydrogen-bond acceptors (Lipinski definition) is 4. The van der Waals surface area contributed by atoms with E-state index in [4.69, 9.17) is 10.8 Å². The molecule has 0 bridgehead atoms. The van der Waals surface area contributed by atoms with Crippen LogP contribution in [0.5, 0.6) is 0 Å². The van der Waals surface area contributed by atoms with Crippen molar-refractivity contribution in [1.29, 1.82) is 0 Å². The Labute approximate surface area is 116 Å². The van der Waals surface area contributed by atoms with Gasteiger partial charge in [-0.25, -0.2) is 14.8 Å². The molecule has 0 radical (unpaired) electrons. The molecular weight excluding hydrogens is 254 g/mol. The van der Waals surface area contributed by atoms with Crippen molar-refractivity contribution in [3.63, 3.8) is 0 Å². The minimum absolute atomic E-state index is 0.00395. The molecule has 3 N–H and O–H groups in total. The van der Waals surface area contributed by atoms with Gasteiger partial charge in [-0.05, 0) is 30.9 Å². The lowest BCUT2D eigenvalue weighted by Gasteiger charge is -2.11. The quantitative estimate of drug-likeness (QED) is 0.869. The molecule has 0 saturated heterocycles. The molecule has 1 aromatic carbocycles. The van der Waals surface area contributed by atoms with Crippen LogP contribution in [0.3, 0.4) is 0 Å². The van der Waals surface area contributed by atoms with Crippen molar-refractivity contribution < 1.29 is 9.90 Å². The Morgan fingerprint density at radius 2 is 1.85 bits per heavy atom. The van der Waals surface area contributed by atoms with E-state index >= 15 is 0 Å². The zero-order chi connectivity index (χ0) is 14.3. The Morgan fingerprint density at radius 1 is 1.25 bits per heavy atom. The SMILES string of the molecule is Cc1nc(C2Cc3ccccc3C2)nc(N)c1C(=O)O. The van der Waals surface area contributed by atoms with Crippen LogP contribution in [-0.4, -0.2) is 21.0 Å². The number of nitrogen functional groups attached to an aromatic ring is 1. The lowest BCUT2D eigenvalue weighted by atomic mass is 10.0. The van der Waals surface area contributed by atoms with E-state index in [0.29, 0.717) is 11.5 Å². The monoisotopic (exact) mass is 269 g/mol. The second-order valence-electron chi connectivity index (χ2n) is 5.11. The summed E-state index contributed by atoms with van der Waals surface area (Å²) in [5.41, 5.74) is 8.81. The van der Waals surface area contributed by atoms with Crippen LogP contribution in [0.1, 0.15) is 38.9 Å². The highest BCUT2D eigenvalue weighted by Crippen LogP contribution is 2.32. The Kier molecular flexibility index (Phi) is 2.89. The minimum Gasteiger partial charge on any atom is -0.477 e. The number of hydrogen-bond donors (Lipinski definition) is 2. The molecule has 0 saturated carbocycles. The number of carboxylic acids is 1. The first-order valence-electron chi connectivity index (χ1n) is 6.50. The third-order valence-corrected chi connectivity index (χ3v) is 3.77. The zero-order valence-electron chi connectivity index (χ0n) is 11.1. The summed E-state index contributed by atoms with van der Waals surface area (Å²) in [6.45, 7) is 1.66. The van der Waals surface area contributed by atoms with E-state index in [1.54, 1.807) is 6.92 Å². The summed E-state index contributed by atoms with van der Waals surface area (Å²) in [6, 6.07) is 8.26. The molecule has 1 aliphatic carbocycles. The summed E-state index contributed by atoms with van der Waals surface area (Å²) in [4.78, 5) is 19.6. The molecule has 0 aliphatic heterocycles. The van der Waals surface area contributed by atoms with Crippen molar-refractivity contribution in [2.75, 3.05) is 5.73 Å². The van der Waals surface area contributed by atoms with Crippen LogP contribution in [0.15, 0.2) is 24.3 Å². The number of nitrogens with two attached hydrogens (primary N) is 1.